The van der Waals surface area contributed by atoms with Crippen molar-refractivity contribution in [1.82, 2.24) is 24.9 Å². The van der Waals surface area contributed by atoms with Crippen molar-refractivity contribution in [1.29, 1.82) is 0 Å². The molecule has 12 nitrogen and oxygen atoms in total. The molecule has 0 unspecified atom stereocenters. The topological polar surface area (TPSA) is 169 Å². The van der Waals surface area contributed by atoms with Crippen LogP contribution in [0.2, 0.25) is 0 Å². The van der Waals surface area contributed by atoms with Crippen LogP contribution in [0.25, 0.3) is 33.5 Å². The maximum atomic E-state index is 15.8. The fourth-order valence-electron chi connectivity index (χ4n) is 3.90. The van der Waals surface area contributed by atoms with Crippen LogP contribution in [0.3, 0.4) is 0 Å². The van der Waals surface area contributed by atoms with Crippen LogP contribution in [0.4, 0.5) is 31.7 Å². The summed E-state index contributed by atoms with van der Waals surface area (Å²) in [6, 6.07) is 8.91. The quantitative estimate of drug-likeness (QED) is 0.201. The number of H-pyrrole nitrogens is 1. The summed E-state index contributed by atoms with van der Waals surface area (Å²) in [5, 5.41) is 14.5. The average molecular weight is 538 g/mol. The first kappa shape index (κ1) is 24.6. The van der Waals surface area contributed by atoms with E-state index in [0.29, 0.717) is 22.4 Å². The Balaban J connectivity index is 1.64. The number of nitrogens with one attached hydrogen (secondary N) is 3. The van der Waals surface area contributed by atoms with Crippen molar-refractivity contribution in [3.8, 4) is 22.4 Å². The number of rotatable bonds is 7. The minimum atomic E-state index is -3.89. The van der Waals surface area contributed by atoms with Crippen LogP contribution in [-0.4, -0.2) is 44.5 Å². The van der Waals surface area contributed by atoms with Crippen LogP contribution in [0.5, 0.6) is 0 Å². The Labute approximate surface area is 213 Å². The lowest BCUT2D eigenvalue weighted by Crippen LogP contribution is -2.11. The molecule has 0 atom stereocenters. The number of nitro groups is 1. The Morgan fingerprint density at radius 3 is 2.53 bits per heavy atom. The highest BCUT2D eigenvalue weighted by Crippen LogP contribution is 2.41. The molecule has 5 aromatic rings. The van der Waals surface area contributed by atoms with Crippen LogP contribution < -0.4 is 10.0 Å². The second-order valence-corrected chi connectivity index (χ2v) is 9.71. The smallest absolute Gasteiger partial charge is 0.301 e. The number of aromatic amines is 1. The van der Waals surface area contributed by atoms with Crippen LogP contribution >= 0.6 is 0 Å². The van der Waals surface area contributed by atoms with Gasteiger partial charge in [-0.1, -0.05) is 6.07 Å². The van der Waals surface area contributed by atoms with Gasteiger partial charge in [-0.2, -0.15) is 0 Å². The number of pyridine rings is 1. The van der Waals surface area contributed by atoms with E-state index in [1.165, 1.54) is 37.1 Å². The van der Waals surface area contributed by atoms with Gasteiger partial charge in [-0.3, -0.25) is 14.8 Å². The largest absolute Gasteiger partial charge is 0.341 e. The molecule has 38 heavy (non-hydrogen) atoms. The van der Waals surface area contributed by atoms with Crippen LogP contribution in [0.15, 0.2) is 61.3 Å². The third kappa shape index (κ3) is 4.57. The highest BCUT2D eigenvalue weighted by Gasteiger charge is 2.27. The Bertz CT molecular complexity index is 1830. The Morgan fingerprint density at radius 2 is 1.76 bits per heavy atom. The zero-order valence-electron chi connectivity index (χ0n) is 19.3. The van der Waals surface area contributed by atoms with E-state index >= 15 is 4.39 Å². The number of aromatic nitrogens is 5. The van der Waals surface area contributed by atoms with Gasteiger partial charge in [0, 0.05) is 17.3 Å². The molecule has 2 aromatic carbocycles. The first-order chi connectivity index (χ1) is 18.1. The summed E-state index contributed by atoms with van der Waals surface area (Å²) >= 11 is 0. The predicted molar refractivity (Wildman–Crippen MR) is 135 cm³/mol. The van der Waals surface area contributed by atoms with Gasteiger partial charge in [0.05, 0.1) is 23.1 Å². The molecule has 0 aliphatic carbocycles. The first-order valence-electron chi connectivity index (χ1n) is 10.7. The van der Waals surface area contributed by atoms with Gasteiger partial charge in [0.1, 0.15) is 40.5 Å². The molecule has 0 fully saturated rings. The number of hydrogen-bond donors (Lipinski definition) is 3. The molecule has 0 amide bonds. The zero-order valence-corrected chi connectivity index (χ0v) is 20.1. The Kier molecular flexibility index (Phi) is 6.12. The van der Waals surface area contributed by atoms with E-state index in [1.54, 1.807) is 12.1 Å². The minimum Gasteiger partial charge on any atom is -0.341 e. The molecule has 0 aliphatic rings. The number of hydrogen-bond acceptors (Lipinski definition) is 9. The highest BCUT2D eigenvalue weighted by molar-refractivity contribution is 7.92. The summed E-state index contributed by atoms with van der Waals surface area (Å²) in [4.78, 5) is 30.5. The monoisotopic (exact) mass is 538 g/mol. The molecule has 0 radical (unpaired) electrons. The number of para-hydroxylation sites is 1. The lowest BCUT2D eigenvalue weighted by atomic mass is 10.0. The van der Waals surface area contributed by atoms with Crippen molar-refractivity contribution in [3.05, 3.63) is 83.1 Å². The second-order valence-electron chi connectivity index (χ2n) is 7.96. The van der Waals surface area contributed by atoms with Crippen molar-refractivity contribution in [2.24, 2.45) is 0 Å². The number of benzene rings is 2. The van der Waals surface area contributed by atoms with Crippen molar-refractivity contribution < 1.29 is 22.1 Å². The van der Waals surface area contributed by atoms with E-state index in [1.807, 2.05) is 0 Å². The number of fused-ring (bicyclic) bond motifs is 1. The predicted octanol–water partition coefficient (Wildman–Crippen LogP) is 4.38. The van der Waals surface area contributed by atoms with E-state index in [-0.39, 0.29) is 22.6 Å². The van der Waals surface area contributed by atoms with E-state index in [9.17, 15) is 22.9 Å². The van der Waals surface area contributed by atoms with Gasteiger partial charge in [-0.25, -0.2) is 37.1 Å². The molecule has 5 rings (SSSR count). The van der Waals surface area contributed by atoms with Gasteiger partial charge in [0.2, 0.25) is 10.0 Å². The molecule has 15 heteroatoms. The minimum absolute atomic E-state index is 0.0408. The third-order valence-electron chi connectivity index (χ3n) is 5.42. The average Bonchev–Trinajstić information content (AvgIpc) is 3.35. The van der Waals surface area contributed by atoms with E-state index in [2.05, 4.69) is 35.0 Å². The zero-order chi connectivity index (χ0) is 27.0. The van der Waals surface area contributed by atoms with Crippen LogP contribution in [0.1, 0.15) is 0 Å². The number of halogens is 2. The fraction of sp³-hybridized carbons (Fsp3) is 0.0435. The van der Waals surface area contributed by atoms with Gasteiger partial charge in [-0.05, 0) is 36.4 Å². The summed E-state index contributed by atoms with van der Waals surface area (Å²) in [7, 11) is -3.89. The molecule has 0 saturated heterocycles. The normalized spacial score (nSPS) is 11.4. The van der Waals surface area contributed by atoms with E-state index in [0.717, 1.165) is 18.4 Å². The maximum absolute atomic E-state index is 15.8. The van der Waals surface area contributed by atoms with Gasteiger partial charge in [0.15, 0.2) is 11.5 Å². The van der Waals surface area contributed by atoms with Crippen molar-refractivity contribution in [3.63, 3.8) is 0 Å². The van der Waals surface area contributed by atoms with Gasteiger partial charge >= 0.3 is 5.69 Å². The molecule has 0 bridgehead atoms. The van der Waals surface area contributed by atoms with Crippen LogP contribution in [0, 0.1) is 21.7 Å². The molecule has 3 heterocycles. The first-order valence-corrected chi connectivity index (χ1v) is 12.6. The van der Waals surface area contributed by atoms with Gasteiger partial charge in [-0.15, -0.1) is 0 Å². The van der Waals surface area contributed by atoms with Crippen molar-refractivity contribution in [2.75, 3.05) is 16.3 Å². The molecular weight excluding hydrogens is 522 g/mol. The summed E-state index contributed by atoms with van der Waals surface area (Å²) in [5.74, 6) is -2.11. The molecule has 0 saturated carbocycles. The lowest BCUT2D eigenvalue weighted by molar-refractivity contribution is -0.383. The van der Waals surface area contributed by atoms with E-state index < -0.39 is 38.0 Å². The molecule has 0 spiro atoms. The molecule has 3 N–H and O–H groups in total. The third-order valence-corrected chi connectivity index (χ3v) is 6.02. The standard InChI is InChI=1S/C23H16F2N8O4S/c1-38(36,37)32-16-6-2-4-13(21(16)33(34)35)12-7-8-15(24)19(17(12)25)31-22-14(5-3-9-26-22)18-20-23(29-10-27-18)30-11-28-20/h2-11,32H,1H3,(H,26,31)(H,27,28,29,30). The number of anilines is 3. The molecule has 3 aromatic heterocycles. The lowest BCUT2D eigenvalue weighted by Gasteiger charge is -2.15. The second kappa shape index (κ2) is 9.44. The van der Waals surface area contributed by atoms with E-state index in [4.69, 9.17) is 0 Å². The SMILES string of the molecule is CS(=O)(=O)Nc1cccc(-c2ccc(F)c(Nc3ncccc3-c3ncnc4nc[nH]c34)c2F)c1[N+](=O)[O-]. The van der Waals surface area contributed by atoms with Gasteiger partial charge in [0.25, 0.3) is 0 Å². The van der Waals surface area contributed by atoms with Crippen LogP contribution in [-0.2, 0) is 10.0 Å². The Hall–Kier alpha value is -5.05. The van der Waals surface area contributed by atoms with Gasteiger partial charge < -0.3 is 10.3 Å². The van der Waals surface area contributed by atoms with Crippen molar-refractivity contribution in [2.45, 2.75) is 0 Å². The number of sulfonamides is 1. The summed E-state index contributed by atoms with van der Waals surface area (Å²) in [6.07, 6.45) is 4.94. The molecular formula is C23H16F2N8O4S. The summed E-state index contributed by atoms with van der Waals surface area (Å²) < 4.78 is 56.2. The number of nitrogens with zero attached hydrogens (tertiary/aromatic N) is 5. The summed E-state index contributed by atoms with van der Waals surface area (Å²) in [6.45, 7) is 0. The fourth-order valence-corrected chi connectivity index (χ4v) is 4.46. The summed E-state index contributed by atoms with van der Waals surface area (Å²) in [5.41, 5.74) is -0.707. The Morgan fingerprint density at radius 1 is 0.974 bits per heavy atom. The molecule has 192 valence electrons. The number of nitro benzene ring substituents is 1. The highest BCUT2D eigenvalue weighted by atomic mass is 32.2. The maximum Gasteiger partial charge on any atom is 0.301 e. The molecule has 0 aliphatic heterocycles. The number of imidazole rings is 1. The van der Waals surface area contributed by atoms with Crippen molar-refractivity contribution >= 4 is 44.1 Å².